The molecule has 0 aliphatic carbocycles. The maximum absolute atomic E-state index is 11.7. The van der Waals surface area contributed by atoms with Crippen LogP contribution in [0.1, 0.15) is 19.8 Å². The van der Waals surface area contributed by atoms with Crippen molar-refractivity contribution in [3.8, 4) is 0 Å². The second-order valence-corrected chi connectivity index (χ2v) is 4.54. The summed E-state index contributed by atoms with van der Waals surface area (Å²) in [4.78, 5) is 13.6. The Labute approximate surface area is 120 Å². The van der Waals surface area contributed by atoms with E-state index in [1.54, 1.807) is 0 Å². The van der Waals surface area contributed by atoms with Crippen molar-refractivity contribution < 1.29 is 14.6 Å². The van der Waals surface area contributed by atoms with Crippen molar-refractivity contribution in [1.29, 1.82) is 0 Å². The number of benzene rings is 1. The molecule has 1 aromatic carbocycles. The summed E-state index contributed by atoms with van der Waals surface area (Å²) in [6.07, 6.45) is 1.20. The third-order valence-corrected chi connectivity index (χ3v) is 2.92. The average Bonchev–Trinajstić information content (AvgIpc) is 2.45. The van der Waals surface area contributed by atoms with Gasteiger partial charge >= 0.3 is 0 Å². The third-order valence-electron chi connectivity index (χ3n) is 2.92. The highest BCUT2D eigenvalue weighted by atomic mass is 16.5. The van der Waals surface area contributed by atoms with Crippen LogP contribution in [0.25, 0.3) is 0 Å². The first-order valence-corrected chi connectivity index (χ1v) is 6.97. The maximum atomic E-state index is 11.7. The number of amides is 1. The minimum Gasteiger partial charge on any atom is -0.395 e. The van der Waals surface area contributed by atoms with E-state index in [-0.39, 0.29) is 12.5 Å². The van der Waals surface area contributed by atoms with E-state index < -0.39 is 0 Å². The minimum atomic E-state index is 0.00108. The van der Waals surface area contributed by atoms with Gasteiger partial charge in [-0.05, 0) is 37.6 Å². The van der Waals surface area contributed by atoms with Gasteiger partial charge in [-0.1, -0.05) is 0 Å². The molecule has 5 nitrogen and oxygen atoms in total. The Morgan fingerprint density at radius 2 is 2.05 bits per heavy atom. The Morgan fingerprint density at radius 3 is 2.65 bits per heavy atom. The van der Waals surface area contributed by atoms with Crippen LogP contribution in [-0.4, -0.2) is 44.4 Å². The Balaban J connectivity index is 2.39. The minimum absolute atomic E-state index is 0.00108. The number of carbonyl (C=O) groups excluding carboxylic acids is 1. The zero-order chi connectivity index (χ0) is 14.8. The van der Waals surface area contributed by atoms with Crippen LogP contribution in [0.5, 0.6) is 0 Å². The highest BCUT2D eigenvalue weighted by molar-refractivity contribution is 5.90. The summed E-state index contributed by atoms with van der Waals surface area (Å²) in [6.45, 7) is 3.95. The van der Waals surface area contributed by atoms with Crippen molar-refractivity contribution >= 4 is 17.3 Å². The molecular weight excluding hydrogens is 256 g/mol. The summed E-state index contributed by atoms with van der Waals surface area (Å²) < 4.78 is 5.19. The van der Waals surface area contributed by atoms with Gasteiger partial charge in [-0.3, -0.25) is 4.79 Å². The lowest BCUT2D eigenvalue weighted by Crippen LogP contribution is -2.21. The van der Waals surface area contributed by atoms with E-state index >= 15 is 0 Å². The fourth-order valence-electron chi connectivity index (χ4n) is 1.78. The lowest BCUT2D eigenvalue weighted by atomic mass is 10.2. The number of hydrogen-bond donors (Lipinski definition) is 2. The maximum Gasteiger partial charge on any atom is 0.224 e. The van der Waals surface area contributed by atoms with E-state index in [1.165, 1.54) is 0 Å². The summed E-state index contributed by atoms with van der Waals surface area (Å²) in [5.41, 5.74) is 1.79. The molecule has 0 unspecified atom stereocenters. The van der Waals surface area contributed by atoms with Crippen LogP contribution < -0.4 is 10.2 Å². The van der Waals surface area contributed by atoms with Crippen LogP contribution in [0.15, 0.2) is 24.3 Å². The van der Waals surface area contributed by atoms with E-state index in [9.17, 15) is 4.79 Å². The van der Waals surface area contributed by atoms with Crippen LogP contribution in [0.4, 0.5) is 11.4 Å². The summed E-state index contributed by atoms with van der Waals surface area (Å²) >= 11 is 0. The highest BCUT2D eigenvalue weighted by Gasteiger charge is 2.04. The van der Waals surface area contributed by atoms with E-state index in [1.807, 2.05) is 43.1 Å². The molecule has 2 N–H and O–H groups in total. The van der Waals surface area contributed by atoms with Gasteiger partial charge in [0.25, 0.3) is 0 Å². The van der Waals surface area contributed by atoms with Gasteiger partial charge in [0.05, 0.1) is 6.61 Å². The van der Waals surface area contributed by atoms with Gasteiger partial charge in [-0.25, -0.2) is 0 Å². The largest absolute Gasteiger partial charge is 0.395 e. The Bertz CT molecular complexity index is 393. The molecule has 1 rings (SSSR count). The van der Waals surface area contributed by atoms with E-state index in [4.69, 9.17) is 9.84 Å². The molecule has 1 amide bonds. The third kappa shape index (κ3) is 6.04. The number of ether oxygens (including phenoxy) is 1. The summed E-state index contributed by atoms with van der Waals surface area (Å²) in [6, 6.07) is 7.57. The van der Waals surface area contributed by atoms with E-state index in [0.717, 1.165) is 17.8 Å². The Hall–Kier alpha value is -1.59. The number of carbonyl (C=O) groups is 1. The first-order valence-electron chi connectivity index (χ1n) is 6.97. The molecule has 0 aliphatic rings. The predicted octanol–water partition coefficient (Wildman–Crippen LogP) is 1.87. The Kier molecular flexibility index (Phi) is 7.69. The summed E-state index contributed by atoms with van der Waals surface area (Å²) in [5.74, 6) is 0.00108. The van der Waals surface area contributed by atoms with Crippen molar-refractivity contribution in [3.63, 3.8) is 0 Å². The molecular formula is C15H24N2O3. The van der Waals surface area contributed by atoms with Crippen molar-refractivity contribution in [2.75, 3.05) is 43.6 Å². The molecule has 1 aromatic rings. The van der Waals surface area contributed by atoms with Crippen LogP contribution in [0.2, 0.25) is 0 Å². The number of nitrogens with zero attached hydrogens (tertiary/aromatic N) is 1. The van der Waals surface area contributed by atoms with Crippen molar-refractivity contribution in [2.45, 2.75) is 19.8 Å². The van der Waals surface area contributed by atoms with Gasteiger partial charge in [0, 0.05) is 44.6 Å². The average molecular weight is 280 g/mol. The zero-order valence-electron chi connectivity index (χ0n) is 12.3. The Morgan fingerprint density at radius 1 is 1.35 bits per heavy atom. The number of hydrogen-bond acceptors (Lipinski definition) is 4. The molecule has 20 heavy (non-hydrogen) atoms. The van der Waals surface area contributed by atoms with Crippen molar-refractivity contribution in [3.05, 3.63) is 24.3 Å². The second-order valence-electron chi connectivity index (χ2n) is 4.54. The van der Waals surface area contributed by atoms with Gasteiger partial charge in [0.1, 0.15) is 0 Å². The SMILES string of the molecule is CCOCCCC(=O)Nc1ccc(N(C)CCO)cc1. The molecule has 0 radical (unpaired) electrons. The molecule has 0 spiro atoms. The first kappa shape index (κ1) is 16.5. The van der Waals surface area contributed by atoms with Gasteiger partial charge in [-0.2, -0.15) is 0 Å². The second kappa shape index (κ2) is 9.34. The molecule has 0 aromatic heterocycles. The van der Waals surface area contributed by atoms with Crippen molar-refractivity contribution in [2.24, 2.45) is 0 Å². The molecule has 5 heteroatoms. The fourth-order valence-corrected chi connectivity index (χ4v) is 1.78. The number of likely N-dealkylation sites (N-methyl/N-ethyl adjacent to an activating group) is 1. The van der Waals surface area contributed by atoms with E-state index in [0.29, 0.717) is 26.2 Å². The topological polar surface area (TPSA) is 61.8 Å². The number of aliphatic hydroxyl groups excluding tert-OH is 1. The molecule has 0 bridgehead atoms. The lowest BCUT2D eigenvalue weighted by Gasteiger charge is -2.18. The molecule has 112 valence electrons. The normalized spacial score (nSPS) is 10.3. The van der Waals surface area contributed by atoms with Crippen LogP contribution in [0, 0.1) is 0 Å². The fraction of sp³-hybridized carbons (Fsp3) is 0.533. The highest BCUT2D eigenvalue weighted by Crippen LogP contribution is 2.16. The standard InChI is InChI=1S/C15H24N2O3/c1-3-20-12-4-5-15(19)16-13-6-8-14(9-7-13)17(2)10-11-18/h6-9,18H,3-5,10-12H2,1-2H3,(H,16,19). The van der Waals surface area contributed by atoms with Crippen LogP contribution in [-0.2, 0) is 9.53 Å². The first-order chi connectivity index (χ1) is 9.67. The summed E-state index contributed by atoms with van der Waals surface area (Å²) in [7, 11) is 1.91. The summed E-state index contributed by atoms with van der Waals surface area (Å²) in [5, 5.41) is 11.7. The quantitative estimate of drug-likeness (QED) is 0.678. The molecule has 0 saturated heterocycles. The molecule has 0 saturated carbocycles. The smallest absolute Gasteiger partial charge is 0.224 e. The monoisotopic (exact) mass is 280 g/mol. The van der Waals surface area contributed by atoms with E-state index in [2.05, 4.69) is 5.32 Å². The molecule has 0 heterocycles. The zero-order valence-corrected chi connectivity index (χ0v) is 12.3. The number of rotatable bonds is 9. The molecule has 0 fully saturated rings. The predicted molar refractivity (Wildman–Crippen MR) is 81.2 cm³/mol. The van der Waals surface area contributed by atoms with Crippen molar-refractivity contribution in [1.82, 2.24) is 0 Å². The number of anilines is 2. The van der Waals surface area contributed by atoms with Gasteiger partial charge in [0.15, 0.2) is 0 Å². The van der Waals surface area contributed by atoms with Gasteiger partial charge in [0.2, 0.25) is 5.91 Å². The number of aliphatic hydroxyl groups is 1. The lowest BCUT2D eigenvalue weighted by molar-refractivity contribution is -0.116. The van der Waals surface area contributed by atoms with Gasteiger partial charge < -0.3 is 20.1 Å². The number of nitrogens with one attached hydrogen (secondary N) is 1. The van der Waals surface area contributed by atoms with Crippen LogP contribution >= 0.6 is 0 Å². The van der Waals surface area contributed by atoms with Crippen LogP contribution in [0.3, 0.4) is 0 Å². The van der Waals surface area contributed by atoms with Gasteiger partial charge in [-0.15, -0.1) is 0 Å². The molecule has 0 atom stereocenters. The molecule has 0 aliphatic heterocycles.